The summed E-state index contributed by atoms with van der Waals surface area (Å²) in [5.74, 6) is 0. The minimum atomic E-state index is -1.64. The predicted molar refractivity (Wildman–Crippen MR) is 69.0 cm³/mol. The molecule has 0 atom stereocenters. The number of H-pyrrole nitrogens is 1. The van der Waals surface area contributed by atoms with Gasteiger partial charge in [0.05, 0.1) is 5.45 Å². The maximum Gasteiger partial charge on any atom is 0.143 e. The van der Waals surface area contributed by atoms with Gasteiger partial charge in [0, 0.05) is 12.4 Å². The number of aromatic amines is 1. The molecule has 80 valence electrons. The summed E-state index contributed by atoms with van der Waals surface area (Å²) in [6.07, 6.45) is 9.66. The minimum Gasteiger partial charge on any atom is -0.353 e. The molecule has 1 N–H and O–H groups in total. The minimum absolute atomic E-state index is 1.01. The van der Waals surface area contributed by atoms with Gasteiger partial charge in [-0.1, -0.05) is 18.2 Å². The molecule has 1 aromatic heterocycles. The fraction of sp³-hybridized carbons (Fsp3) is 0.250. The SMILES string of the molecule is C=CC[Si](CC=C)(CC=C)c1ncc[nH]1. The molecule has 1 aromatic rings. The Balaban J connectivity index is 3.05. The van der Waals surface area contributed by atoms with Crippen LogP contribution in [0.1, 0.15) is 0 Å². The Bertz CT molecular complexity index is 301. The smallest absolute Gasteiger partial charge is 0.143 e. The van der Waals surface area contributed by atoms with E-state index in [9.17, 15) is 0 Å². The lowest BCUT2D eigenvalue weighted by molar-refractivity contribution is 1.28. The average Bonchev–Trinajstić information content (AvgIpc) is 2.72. The molecule has 0 fully saturated rings. The highest BCUT2D eigenvalue weighted by Gasteiger charge is 2.33. The number of allylic oxidation sites excluding steroid dienone is 3. The maximum absolute atomic E-state index is 4.41. The molecule has 0 unspecified atom stereocenters. The summed E-state index contributed by atoms with van der Waals surface area (Å²) in [4.78, 5) is 7.65. The predicted octanol–water partition coefficient (Wildman–Crippen LogP) is 2.62. The highest BCUT2D eigenvalue weighted by Crippen LogP contribution is 2.21. The number of hydrogen-bond donors (Lipinski definition) is 1. The highest BCUT2D eigenvalue weighted by atomic mass is 28.3. The van der Waals surface area contributed by atoms with E-state index in [1.807, 2.05) is 30.6 Å². The van der Waals surface area contributed by atoms with E-state index in [1.54, 1.807) is 0 Å². The number of nitrogens with zero attached hydrogens (tertiary/aromatic N) is 1. The van der Waals surface area contributed by atoms with Crippen LogP contribution in [-0.4, -0.2) is 18.0 Å². The lowest BCUT2D eigenvalue weighted by atomic mass is 10.7. The van der Waals surface area contributed by atoms with Crippen molar-refractivity contribution >= 4 is 13.5 Å². The number of nitrogens with one attached hydrogen (secondary N) is 1. The van der Waals surface area contributed by atoms with Crippen molar-refractivity contribution in [2.24, 2.45) is 0 Å². The van der Waals surface area contributed by atoms with E-state index < -0.39 is 8.07 Å². The van der Waals surface area contributed by atoms with Crippen LogP contribution in [0.15, 0.2) is 50.4 Å². The fourth-order valence-electron chi connectivity index (χ4n) is 1.92. The van der Waals surface area contributed by atoms with Crippen molar-refractivity contribution in [2.45, 2.75) is 18.1 Å². The van der Waals surface area contributed by atoms with E-state index in [0.717, 1.165) is 23.6 Å². The molecule has 0 saturated heterocycles. The second-order valence-corrected chi connectivity index (χ2v) is 7.96. The molecule has 3 heteroatoms. The highest BCUT2D eigenvalue weighted by molar-refractivity contribution is 6.91. The average molecular weight is 218 g/mol. The van der Waals surface area contributed by atoms with Crippen LogP contribution >= 0.6 is 0 Å². The molecule has 0 bridgehead atoms. The van der Waals surface area contributed by atoms with E-state index in [-0.39, 0.29) is 0 Å². The Kier molecular flexibility index (Phi) is 4.30. The van der Waals surface area contributed by atoms with Crippen molar-refractivity contribution in [1.82, 2.24) is 9.97 Å². The van der Waals surface area contributed by atoms with Crippen molar-refractivity contribution < 1.29 is 0 Å². The normalized spacial score (nSPS) is 10.9. The quantitative estimate of drug-likeness (QED) is 0.553. The Morgan fingerprint density at radius 3 is 2.00 bits per heavy atom. The van der Waals surface area contributed by atoms with Crippen LogP contribution in [0.25, 0.3) is 0 Å². The number of hydrogen-bond acceptors (Lipinski definition) is 1. The van der Waals surface area contributed by atoms with Gasteiger partial charge in [0.1, 0.15) is 8.07 Å². The molecule has 0 aliphatic rings. The van der Waals surface area contributed by atoms with Crippen LogP contribution in [0.2, 0.25) is 18.1 Å². The van der Waals surface area contributed by atoms with Gasteiger partial charge in [0.15, 0.2) is 0 Å². The first-order chi connectivity index (χ1) is 7.29. The monoisotopic (exact) mass is 218 g/mol. The first kappa shape index (κ1) is 11.7. The van der Waals surface area contributed by atoms with Gasteiger partial charge in [-0.3, -0.25) is 0 Å². The summed E-state index contributed by atoms with van der Waals surface area (Å²) in [5, 5.41) is 0. The molecule has 0 aromatic carbocycles. The van der Waals surface area contributed by atoms with Crippen molar-refractivity contribution in [3.63, 3.8) is 0 Å². The lowest BCUT2D eigenvalue weighted by Gasteiger charge is -2.25. The third-order valence-electron chi connectivity index (χ3n) is 2.61. The van der Waals surface area contributed by atoms with E-state index in [0.29, 0.717) is 0 Å². The molecule has 0 radical (unpaired) electrons. The second kappa shape index (κ2) is 5.51. The van der Waals surface area contributed by atoms with Gasteiger partial charge in [-0.2, -0.15) is 0 Å². The van der Waals surface area contributed by atoms with Crippen LogP contribution in [-0.2, 0) is 0 Å². The molecule has 0 aliphatic carbocycles. The zero-order valence-corrected chi connectivity index (χ0v) is 10.1. The first-order valence-electron chi connectivity index (χ1n) is 5.11. The van der Waals surface area contributed by atoms with E-state index in [2.05, 4.69) is 29.7 Å². The van der Waals surface area contributed by atoms with Gasteiger partial charge in [0.25, 0.3) is 0 Å². The summed E-state index contributed by atoms with van der Waals surface area (Å²) in [6, 6.07) is 3.04. The Morgan fingerprint density at radius 1 is 1.13 bits per heavy atom. The Morgan fingerprint density at radius 2 is 1.67 bits per heavy atom. The van der Waals surface area contributed by atoms with Crippen LogP contribution in [0.3, 0.4) is 0 Å². The van der Waals surface area contributed by atoms with Crippen molar-refractivity contribution in [3.05, 3.63) is 50.4 Å². The van der Waals surface area contributed by atoms with Gasteiger partial charge in [-0.15, -0.1) is 19.7 Å². The first-order valence-corrected chi connectivity index (χ1v) is 7.74. The van der Waals surface area contributed by atoms with Crippen LogP contribution in [0.4, 0.5) is 0 Å². The zero-order valence-electron chi connectivity index (χ0n) is 9.08. The van der Waals surface area contributed by atoms with Crippen molar-refractivity contribution in [1.29, 1.82) is 0 Å². The second-order valence-electron chi connectivity index (χ2n) is 3.70. The number of imidazole rings is 1. The third-order valence-corrected chi connectivity index (χ3v) is 7.09. The van der Waals surface area contributed by atoms with Gasteiger partial charge in [0.2, 0.25) is 0 Å². The van der Waals surface area contributed by atoms with Gasteiger partial charge in [-0.25, -0.2) is 4.98 Å². The molecule has 2 nitrogen and oxygen atoms in total. The Labute approximate surface area is 92.5 Å². The summed E-state index contributed by atoms with van der Waals surface area (Å²) >= 11 is 0. The molecule has 0 amide bonds. The van der Waals surface area contributed by atoms with Crippen LogP contribution in [0.5, 0.6) is 0 Å². The molecule has 15 heavy (non-hydrogen) atoms. The van der Waals surface area contributed by atoms with Crippen molar-refractivity contribution in [2.75, 3.05) is 0 Å². The van der Waals surface area contributed by atoms with Crippen LogP contribution in [0, 0.1) is 0 Å². The lowest BCUT2D eigenvalue weighted by Crippen LogP contribution is -2.48. The van der Waals surface area contributed by atoms with E-state index >= 15 is 0 Å². The maximum atomic E-state index is 4.41. The molecule has 0 aliphatic heterocycles. The standard InChI is InChI=1S/C12H18N2Si/c1-4-9-15(10-5-2,11-6-3)12-13-7-8-14-12/h4-8H,1-3,9-11H2,(H,13,14). The van der Waals surface area contributed by atoms with Gasteiger partial charge >= 0.3 is 0 Å². The summed E-state index contributed by atoms with van der Waals surface area (Å²) < 4.78 is 0. The summed E-state index contributed by atoms with van der Waals surface area (Å²) in [7, 11) is -1.64. The summed E-state index contributed by atoms with van der Waals surface area (Å²) in [6.45, 7) is 11.5. The molecular formula is C12H18N2Si. The molecule has 1 rings (SSSR count). The van der Waals surface area contributed by atoms with E-state index in [4.69, 9.17) is 0 Å². The van der Waals surface area contributed by atoms with Gasteiger partial charge < -0.3 is 4.98 Å². The fourth-order valence-corrected chi connectivity index (χ4v) is 5.40. The molecule has 0 saturated carbocycles. The van der Waals surface area contributed by atoms with E-state index in [1.165, 1.54) is 0 Å². The Hall–Kier alpha value is -1.35. The van der Waals surface area contributed by atoms with Crippen molar-refractivity contribution in [3.8, 4) is 0 Å². The van der Waals surface area contributed by atoms with Gasteiger partial charge in [-0.05, 0) is 18.1 Å². The number of aromatic nitrogens is 2. The number of rotatable bonds is 7. The van der Waals surface area contributed by atoms with Crippen LogP contribution < -0.4 is 5.45 Å². The molecule has 1 heterocycles. The molecule has 0 spiro atoms. The topological polar surface area (TPSA) is 28.7 Å². The molecular weight excluding hydrogens is 200 g/mol. The zero-order chi connectivity index (χ0) is 11.1. The largest absolute Gasteiger partial charge is 0.353 e. The third kappa shape index (κ3) is 2.56. The summed E-state index contributed by atoms with van der Waals surface area (Å²) in [5.41, 5.74) is 1.13.